The van der Waals surface area contributed by atoms with Crippen molar-refractivity contribution in [2.75, 3.05) is 0 Å². The highest BCUT2D eigenvalue weighted by Crippen LogP contribution is 2.36. The predicted octanol–water partition coefficient (Wildman–Crippen LogP) is 6.07. The van der Waals surface area contributed by atoms with E-state index in [9.17, 15) is 0 Å². The fourth-order valence-corrected chi connectivity index (χ4v) is 4.62. The van der Waals surface area contributed by atoms with Gasteiger partial charge in [0.1, 0.15) is 0 Å². The lowest BCUT2D eigenvalue weighted by molar-refractivity contribution is 1.11. The number of hydrogen-bond acceptors (Lipinski definition) is 1. The normalized spacial score (nSPS) is 12.1. The molecule has 0 radical (unpaired) electrons. The van der Waals surface area contributed by atoms with Crippen LogP contribution in [0.15, 0.2) is 91.0 Å². The maximum absolute atomic E-state index is 5.00. The zero-order chi connectivity index (χ0) is 18.9. The number of benzene rings is 4. The van der Waals surface area contributed by atoms with E-state index in [1.165, 1.54) is 10.8 Å². The summed E-state index contributed by atoms with van der Waals surface area (Å²) in [6.07, 6.45) is 0. The number of imidazole rings is 2. The molecule has 7 rings (SSSR count). The van der Waals surface area contributed by atoms with Gasteiger partial charge in [-0.2, -0.15) is 0 Å². The van der Waals surface area contributed by atoms with Gasteiger partial charge in [0.25, 0.3) is 0 Å². The summed E-state index contributed by atoms with van der Waals surface area (Å²) in [5.41, 5.74) is 7.83. The number of H-pyrrole nitrogens is 1. The Labute approximate surface area is 165 Å². The van der Waals surface area contributed by atoms with Crippen molar-refractivity contribution in [1.29, 1.82) is 0 Å². The van der Waals surface area contributed by atoms with Crippen LogP contribution in [0.5, 0.6) is 0 Å². The molecule has 4 aromatic carbocycles. The molecule has 0 amide bonds. The Morgan fingerprint density at radius 3 is 2.38 bits per heavy atom. The maximum atomic E-state index is 5.00. The van der Waals surface area contributed by atoms with Gasteiger partial charge in [-0.1, -0.05) is 48.5 Å². The van der Waals surface area contributed by atoms with E-state index in [4.69, 9.17) is 4.98 Å². The molecule has 136 valence electrons. The van der Waals surface area contributed by atoms with Gasteiger partial charge in [-0.15, -0.1) is 0 Å². The number of fused-ring (bicyclic) bond motifs is 9. The van der Waals surface area contributed by atoms with Crippen LogP contribution in [0.1, 0.15) is 0 Å². The summed E-state index contributed by atoms with van der Waals surface area (Å²) in [5.74, 6) is 0.929. The van der Waals surface area contributed by atoms with Crippen molar-refractivity contribution >= 4 is 49.7 Å². The van der Waals surface area contributed by atoms with Crippen LogP contribution in [0.3, 0.4) is 0 Å². The van der Waals surface area contributed by atoms with E-state index in [1.807, 2.05) is 12.1 Å². The fraction of sp³-hybridized carbons (Fsp3) is 0. The molecular formula is C25H16N4. The smallest absolute Gasteiger partial charge is 0.220 e. The number of hydrogen-bond donors (Lipinski definition) is 1. The first kappa shape index (κ1) is 14.9. The van der Waals surface area contributed by atoms with E-state index in [1.54, 1.807) is 0 Å². The Kier molecular flexibility index (Phi) is 2.71. The summed E-state index contributed by atoms with van der Waals surface area (Å²) >= 11 is 0. The van der Waals surface area contributed by atoms with Gasteiger partial charge in [0.15, 0.2) is 0 Å². The summed E-state index contributed by atoms with van der Waals surface area (Å²) in [6, 6.07) is 31.7. The number of aromatic amines is 1. The third-order valence-corrected chi connectivity index (χ3v) is 5.86. The Hall–Kier alpha value is -4.05. The lowest BCUT2D eigenvalue weighted by Gasteiger charge is -2.04. The van der Waals surface area contributed by atoms with Gasteiger partial charge in [0, 0.05) is 22.0 Å². The molecule has 0 spiro atoms. The SMILES string of the molecule is c1ccc(-n2c3ccc4c5ccccc5[nH]c4c3n3c4ccccc4nc23)cc1. The summed E-state index contributed by atoms with van der Waals surface area (Å²) < 4.78 is 4.54. The molecule has 0 saturated heterocycles. The van der Waals surface area contributed by atoms with Crippen molar-refractivity contribution in [3.05, 3.63) is 91.0 Å². The van der Waals surface area contributed by atoms with E-state index < -0.39 is 0 Å². The molecule has 0 aliphatic carbocycles. The molecule has 0 aliphatic heterocycles. The Morgan fingerprint density at radius 2 is 1.45 bits per heavy atom. The minimum absolute atomic E-state index is 0.929. The molecule has 1 N–H and O–H groups in total. The van der Waals surface area contributed by atoms with Gasteiger partial charge < -0.3 is 4.98 Å². The molecule has 4 nitrogen and oxygen atoms in total. The molecule has 0 saturated carbocycles. The second kappa shape index (κ2) is 5.26. The average molecular weight is 372 g/mol. The second-order valence-corrected chi connectivity index (χ2v) is 7.43. The first-order chi connectivity index (χ1) is 14.4. The summed E-state index contributed by atoms with van der Waals surface area (Å²) in [4.78, 5) is 8.67. The van der Waals surface area contributed by atoms with Crippen LogP contribution in [0, 0.1) is 0 Å². The highest BCUT2D eigenvalue weighted by atomic mass is 15.2. The van der Waals surface area contributed by atoms with Crippen molar-refractivity contribution in [2.24, 2.45) is 0 Å². The van der Waals surface area contributed by atoms with Gasteiger partial charge in [-0.05, 0) is 42.5 Å². The Morgan fingerprint density at radius 1 is 0.655 bits per heavy atom. The van der Waals surface area contributed by atoms with Crippen molar-refractivity contribution < 1.29 is 0 Å². The number of aromatic nitrogens is 4. The molecule has 0 atom stereocenters. The monoisotopic (exact) mass is 372 g/mol. The van der Waals surface area contributed by atoms with Crippen LogP contribution in [0.4, 0.5) is 0 Å². The molecule has 3 heterocycles. The minimum Gasteiger partial charge on any atom is -0.353 e. The third kappa shape index (κ3) is 1.85. The number of para-hydroxylation sites is 4. The first-order valence-corrected chi connectivity index (χ1v) is 9.76. The van der Waals surface area contributed by atoms with Gasteiger partial charge in [0.05, 0.1) is 27.6 Å². The molecule has 0 fully saturated rings. The Balaban J connectivity index is 1.80. The van der Waals surface area contributed by atoms with E-state index in [0.717, 1.165) is 44.6 Å². The molecule has 7 aromatic rings. The quantitative estimate of drug-likeness (QED) is 0.373. The molecule has 4 heteroatoms. The molecule has 3 aromatic heterocycles. The second-order valence-electron chi connectivity index (χ2n) is 7.43. The van der Waals surface area contributed by atoms with Gasteiger partial charge in [0.2, 0.25) is 5.78 Å². The summed E-state index contributed by atoms with van der Waals surface area (Å²) in [6.45, 7) is 0. The first-order valence-electron chi connectivity index (χ1n) is 9.76. The number of rotatable bonds is 1. The zero-order valence-electron chi connectivity index (χ0n) is 15.5. The largest absolute Gasteiger partial charge is 0.353 e. The predicted molar refractivity (Wildman–Crippen MR) is 119 cm³/mol. The van der Waals surface area contributed by atoms with E-state index in [2.05, 4.69) is 92.8 Å². The van der Waals surface area contributed by atoms with Gasteiger partial charge in [-0.25, -0.2) is 4.98 Å². The van der Waals surface area contributed by atoms with E-state index in [0.29, 0.717) is 0 Å². The zero-order valence-corrected chi connectivity index (χ0v) is 15.5. The maximum Gasteiger partial charge on any atom is 0.220 e. The number of nitrogens with zero attached hydrogens (tertiary/aromatic N) is 3. The fourth-order valence-electron chi connectivity index (χ4n) is 4.62. The van der Waals surface area contributed by atoms with Gasteiger partial charge in [-0.3, -0.25) is 8.97 Å². The van der Waals surface area contributed by atoms with Crippen LogP contribution in [0.25, 0.3) is 55.3 Å². The minimum atomic E-state index is 0.929. The molecular weight excluding hydrogens is 356 g/mol. The van der Waals surface area contributed by atoms with Crippen LogP contribution >= 0.6 is 0 Å². The Bertz CT molecular complexity index is 1700. The van der Waals surface area contributed by atoms with Crippen LogP contribution in [-0.4, -0.2) is 18.9 Å². The standard InChI is InChI=1S/C25H16N4/c1-2-8-16(9-3-1)28-22-15-14-18-17-10-4-5-11-19(17)26-23(18)24(22)29-21-13-7-6-12-20(21)27-25(28)29/h1-15,26H. The lowest BCUT2D eigenvalue weighted by atomic mass is 10.1. The lowest BCUT2D eigenvalue weighted by Crippen LogP contribution is -1.94. The molecule has 29 heavy (non-hydrogen) atoms. The van der Waals surface area contributed by atoms with Crippen molar-refractivity contribution in [1.82, 2.24) is 18.9 Å². The van der Waals surface area contributed by atoms with Crippen LogP contribution < -0.4 is 0 Å². The van der Waals surface area contributed by atoms with Crippen molar-refractivity contribution in [3.8, 4) is 5.69 Å². The third-order valence-electron chi connectivity index (χ3n) is 5.86. The summed E-state index contributed by atoms with van der Waals surface area (Å²) in [5, 5.41) is 2.48. The highest BCUT2D eigenvalue weighted by Gasteiger charge is 2.20. The highest BCUT2D eigenvalue weighted by molar-refractivity contribution is 6.17. The van der Waals surface area contributed by atoms with Crippen molar-refractivity contribution in [2.45, 2.75) is 0 Å². The topological polar surface area (TPSA) is 38.0 Å². The van der Waals surface area contributed by atoms with Crippen molar-refractivity contribution in [3.63, 3.8) is 0 Å². The van der Waals surface area contributed by atoms with E-state index >= 15 is 0 Å². The number of nitrogens with one attached hydrogen (secondary N) is 1. The molecule has 0 bridgehead atoms. The van der Waals surface area contributed by atoms with Crippen LogP contribution in [0.2, 0.25) is 0 Å². The average Bonchev–Trinajstić information content (AvgIpc) is 3.42. The molecule has 0 unspecified atom stereocenters. The van der Waals surface area contributed by atoms with Gasteiger partial charge >= 0.3 is 0 Å². The molecule has 0 aliphatic rings. The van der Waals surface area contributed by atoms with Crippen LogP contribution in [-0.2, 0) is 0 Å². The van der Waals surface area contributed by atoms with E-state index in [-0.39, 0.29) is 0 Å². The summed E-state index contributed by atoms with van der Waals surface area (Å²) in [7, 11) is 0.